The fourth-order valence-corrected chi connectivity index (χ4v) is 1.62. The van der Waals surface area contributed by atoms with Gasteiger partial charge in [-0.25, -0.2) is 4.39 Å². The smallest absolute Gasteiger partial charge is 0.165 e. The van der Waals surface area contributed by atoms with Crippen molar-refractivity contribution in [1.82, 2.24) is 0 Å². The molecule has 1 aromatic carbocycles. The number of hydrogen-bond acceptors (Lipinski definition) is 2. The molecule has 2 N–H and O–H groups in total. The van der Waals surface area contributed by atoms with Crippen molar-refractivity contribution in [3.8, 4) is 5.75 Å². The van der Waals surface area contributed by atoms with Gasteiger partial charge in [0.15, 0.2) is 11.6 Å². The molecule has 1 fully saturated rings. The Bertz CT molecular complexity index is 370. The van der Waals surface area contributed by atoms with Crippen LogP contribution < -0.4 is 0 Å². The lowest BCUT2D eigenvalue weighted by molar-refractivity contribution is 0.149. The number of phenols is 1. The van der Waals surface area contributed by atoms with Crippen LogP contribution in [0.25, 0.3) is 0 Å². The van der Waals surface area contributed by atoms with E-state index in [2.05, 4.69) is 0 Å². The van der Waals surface area contributed by atoms with Gasteiger partial charge in [-0.3, -0.25) is 0 Å². The van der Waals surface area contributed by atoms with Gasteiger partial charge in [0.25, 0.3) is 0 Å². The molecular weight excluding hydrogens is 183 g/mol. The number of rotatable bonds is 2. The van der Waals surface area contributed by atoms with Gasteiger partial charge in [0.1, 0.15) is 0 Å². The first-order valence-corrected chi connectivity index (χ1v) is 4.71. The molecule has 0 spiro atoms. The molecule has 0 saturated heterocycles. The Hall–Kier alpha value is -1.09. The van der Waals surface area contributed by atoms with Crippen LogP contribution in [0.3, 0.4) is 0 Å². The number of benzene rings is 1. The molecule has 1 aliphatic carbocycles. The summed E-state index contributed by atoms with van der Waals surface area (Å²) in [7, 11) is 0. The van der Waals surface area contributed by atoms with Crippen LogP contribution in [0.1, 0.15) is 24.0 Å². The van der Waals surface area contributed by atoms with Gasteiger partial charge in [0.05, 0.1) is 5.60 Å². The van der Waals surface area contributed by atoms with Crippen molar-refractivity contribution in [1.29, 1.82) is 0 Å². The molecule has 76 valence electrons. The number of aryl methyl sites for hydroxylation is 1. The van der Waals surface area contributed by atoms with Crippen LogP contribution in [0.15, 0.2) is 12.1 Å². The van der Waals surface area contributed by atoms with Crippen LogP contribution in [0, 0.1) is 12.7 Å². The molecular formula is C11H13FO2. The lowest BCUT2D eigenvalue weighted by atomic mass is 10.0. The largest absolute Gasteiger partial charge is 0.505 e. The second-order valence-corrected chi connectivity index (χ2v) is 4.16. The van der Waals surface area contributed by atoms with Crippen LogP contribution in [0.4, 0.5) is 4.39 Å². The molecule has 0 aromatic heterocycles. The Labute approximate surface area is 82.0 Å². The quantitative estimate of drug-likeness (QED) is 0.758. The second kappa shape index (κ2) is 2.95. The molecule has 3 heteroatoms. The summed E-state index contributed by atoms with van der Waals surface area (Å²) in [5.41, 5.74) is 0.569. The van der Waals surface area contributed by atoms with Crippen molar-refractivity contribution in [2.45, 2.75) is 31.8 Å². The van der Waals surface area contributed by atoms with E-state index in [1.165, 1.54) is 6.07 Å². The van der Waals surface area contributed by atoms with E-state index in [1.54, 1.807) is 13.0 Å². The van der Waals surface area contributed by atoms with Gasteiger partial charge in [-0.15, -0.1) is 0 Å². The Kier molecular flexibility index (Phi) is 2.00. The van der Waals surface area contributed by atoms with E-state index in [0.29, 0.717) is 12.0 Å². The fraction of sp³-hybridized carbons (Fsp3) is 0.455. The van der Waals surface area contributed by atoms with Crippen LogP contribution in [-0.4, -0.2) is 15.8 Å². The Balaban J connectivity index is 2.32. The van der Waals surface area contributed by atoms with E-state index in [9.17, 15) is 14.6 Å². The molecule has 1 saturated carbocycles. The fourth-order valence-electron chi connectivity index (χ4n) is 1.62. The van der Waals surface area contributed by atoms with Gasteiger partial charge in [-0.1, -0.05) is 6.07 Å². The minimum atomic E-state index is -0.697. The first-order chi connectivity index (χ1) is 6.50. The summed E-state index contributed by atoms with van der Waals surface area (Å²) >= 11 is 0. The molecule has 0 radical (unpaired) electrons. The monoisotopic (exact) mass is 196 g/mol. The molecule has 0 heterocycles. The van der Waals surface area contributed by atoms with Crippen molar-refractivity contribution in [3.63, 3.8) is 0 Å². The van der Waals surface area contributed by atoms with E-state index in [0.717, 1.165) is 18.4 Å². The number of aromatic hydroxyl groups is 1. The van der Waals surface area contributed by atoms with Crippen LogP contribution in [0.5, 0.6) is 5.75 Å². The predicted molar refractivity (Wildman–Crippen MR) is 50.7 cm³/mol. The van der Waals surface area contributed by atoms with E-state index < -0.39 is 11.4 Å². The van der Waals surface area contributed by atoms with E-state index in [-0.39, 0.29) is 5.75 Å². The minimum absolute atomic E-state index is 0.323. The maximum atomic E-state index is 13.1. The lowest BCUT2D eigenvalue weighted by Gasteiger charge is -2.10. The van der Waals surface area contributed by atoms with Gasteiger partial charge in [0.2, 0.25) is 0 Å². The zero-order valence-corrected chi connectivity index (χ0v) is 8.05. The van der Waals surface area contributed by atoms with Gasteiger partial charge < -0.3 is 10.2 Å². The standard InChI is InChI=1S/C11H13FO2/c1-7-4-8(6-11(14)2-3-11)10(13)9(12)5-7/h4-5,13-14H,2-3,6H2,1H3. The third-order valence-corrected chi connectivity index (χ3v) is 2.63. The Morgan fingerprint density at radius 1 is 1.43 bits per heavy atom. The zero-order chi connectivity index (χ0) is 10.3. The van der Waals surface area contributed by atoms with E-state index >= 15 is 0 Å². The number of aliphatic hydroxyl groups is 1. The van der Waals surface area contributed by atoms with Crippen molar-refractivity contribution in [2.75, 3.05) is 0 Å². The van der Waals surface area contributed by atoms with Gasteiger partial charge in [-0.05, 0) is 31.4 Å². The number of halogens is 1. The molecule has 0 unspecified atom stereocenters. The molecule has 2 nitrogen and oxygen atoms in total. The minimum Gasteiger partial charge on any atom is -0.505 e. The normalized spacial score (nSPS) is 18.2. The molecule has 14 heavy (non-hydrogen) atoms. The Morgan fingerprint density at radius 2 is 2.07 bits per heavy atom. The summed E-state index contributed by atoms with van der Waals surface area (Å²) < 4.78 is 13.1. The maximum Gasteiger partial charge on any atom is 0.165 e. The van der Waals surface area contributed by atoms with Crippen molar-refractivity contribution < 1.29 is 14.6 Å². The van der Waals surface area contributed by atoms with Crippen molar-refractivity contribution >= 4 is 0 Å². The highest BCUT2D eigenvalue weighted by Gasteiger charge is 2.40. The summed E-state index contributed by atoms with van der Waals surface area (Å²) in [6.07, 6.45) is 1.82. The zero-order valence-electron chi connectivity index (χ0n) is 8.05. The average Bonchev–Trinajstić information content (AvgIpc) is 2.79. The lowest BCUT2D eigenvalue weighted by Crippen LogP contribution is -2.11. The SMILES string of the molecule is Cc1cc(F)c(O)c(CC2(O)CC2)c1. The molecule has 0 atom stereocenters. The van der Waals surface area contributed by atoms with Crippen molar-refractivity contribution in [3.05, 3.63) is 29.1 Å². The maximum absolute atomic E-state index is 13.1. The predicted octanol–water partition coefficient (Wildman–Crippen LogP) is 1.91. The highest BCUT2D eigenvalue weighted by molar-refractivity contribution is 5.38. The van der Waals surface area contributed by atoms with Gasteiger partial charge >= 0.3 is 0 Å². The number of phenolic OH excluding ortho intramolecular Hbond substituents is 1. The molecule has 1 aliphatic rings. The third-order valence-electron chi connectivity index (χ3n) is 2.63. The Morgan fingerprint density at radius 3 is 2.64 bits per heavy atom. The molecule has 0 bridgehead atoms. The number of hydrogen-bond donors (Lipinski definition) is 2. The summed E-state index contributed by atoms with van der Waals surface area (Å²) in [5.74, 6) is -0.930. The second-order valence-electron chi connectivity index (χ2n) is 4.16. The highest BCUT2D eigenvalue weighted by atomic mass is 19.1. The van der Waals surface area contributed by atoms with Crippen LogP contribution in [-0.2, 0) is 6.42 Å². The summed E-state index contributed by atoms with van der Waals surface area (Å²) in [4.78, 5) is 0. The first kappa shape index (κ1) is 9.46. The van der Waals surface area contributed by atoms with Gasteiger partial charge in [0, 0.05) is 12.0 Å². The van der Waals surface area contributed by atoms with Crippen molar-refractivity contribution in [2.24, 2.45) is 0 Å². The summed E-state index contributed by atoms with van der Waals surface area (Å²) in [5, 5.41) is 19.1. The average molecular weight is 196 g/mol. The molecule has 0 aliphatic heterocycles. The molecule has 1 aromatic rings. The van der Waals surface area contributed by atoms with E-state index in [1.807, 2.05) is 0 Å². The van der Waals surface area contributed by atoms with Gasteiger partial charge in [-0.2, -0.15) is 0 Å². The summed E-state index contributed by atoms with van der Waals surface area (Å²) in [6.45, 7) is 1.77. The van der Waals surface area contributed by atoms with Crippen LogP contribution in [0.2, 0.25) is 0 Å². The topological polar surface area (TPSA) is 40.5 Å². The third kappa shape index (κ3) is 1.73. The summed E-state index contributed by atoms with van der Waals surface area (Å²) in [6, 6.07) is 3.00. The molecule has 2 rings (SSSR count). The highest BCUT2D eigenvalue weighted by Crippen LogP contribution is 2.40. The van der Waals surface area contributed by atoms with E-state index in [4.69, 9.17) is 0 Å². The molecule has 0 amide bonds. The first-order valence-electron chi connectivity index (χ1n) is 4.71. The van der Waals surface area contributed by atoms with Crippen LogP contribution >= 0.6 is 0 Å².